The zero-order chi connectivity index (χ0) is 18.1. The van der Waals surface area contributed by atoms with Crippen LogP contribution >= 0.6 is 0 Å². The van der Waals surface area contributed by atoms with Gasteiger partial charge in [-0.3, -0.25) is 9.59 Å². The average Bonchev–Trinajstić information content (AvgIpc) is 2.70. The summed E-state index contributed by atoms with van der Waals surface area (Å²) in [7, 11) is 0. The molecule has 0 aromatic heterocycles. The van der Waals surface area contributed by atoms with Gasteiger partial charge >= 0.3 is 0 Å². The highest BCUT2D eigenvalue weighted by Gasteiger charge is 2.33. The summed E-state index contributed by atoms with van der Waals surface area (Å²) in [5.41, 5.74) is 3.73. The Morgan fingerprint density at radius 3 is 2.31 bits per heavy atom. The number of ketones is 2. The lowest BCUT2D eigenvalue weighted by Crippen LogP contribution is -2.31. The van der Waals surface area contributed by atoms with Crippen molar-refractivity contribution >= 4 is 22.9 Å². The van der Waals surface area contributed by atoms with E-state index in [1.54, 1.807) is 30.3 Å². The number of nitrogens with zero attached hydrogens (tertiary/aromatic N) is 1. The third-order valence-corrected chi connectivity index (χ3v) is 5.19. The van der Waals surface area contributed by atoms with Gasteiger partial charge in [0.05, 0.1) is 16.9 Å². The van der Waals surface area contributed by atoms with Gasteiger partial charge in [0.1, 0.15) is 0 Å². The minimum atomic E-state index is -0.0828. The summed E-state index contributed by atoms with van der Waals surface area (Å²) in [4.78, 5) is 28.5. The third-order valence-electron chi connectivity index (χ3n) is 5.19. The molecule has 0 unspecified atom stereocenters. The molecule has 1 aliphatic carbocycles. The van der Waals surface area contributed by atoms with Gasteiger partial charge in [0.25, 0.3) is 0 Å². The Morgan fingerprint density at radius 1 is 0.923 bits per heavy atom. The highest BCUT2D eigenvalue weighted by Crippen LogP contribution is 2.39. The van der Waals surface area contributed by atoms with Crippen LogP contribution in [-0.2, 0) is 0 Å². The van der Waals surface area contributed by atoms with Gasteiger partial charge in [-0.15, -0.1) is 6.58 Å². The van der Waals surface area contributed by atoms with E-state index in [0.717, 1.165) is 37.3 Å². The Hall–Kier alpha value is -2.88. The molecule has 1 saturated heterocycles. The Kier molecular flexibility index (Phi) is 4.33. The molecular formula is C22H22N2O2. The summed E-state index contributed by atoms with van der Waals surface area (Å²) in [6.07, 6.45) is 5.30. The molecule has 2 aliphatic rings. The molecule has 4 heteroatoms. The zero-order valence-electron chi connectivity index (χ0n) is 14.8. The maximum atomic E-state index is 13.2. The first kappa shape index (κ1) is 16.6. The fraction of sp³-hybridized carbons (Fsp3) is 0.273. The van der Waals surface area contributed by atoms with Crippen LogP contribution in [-0.4, -0.2) is 31.2 Å². The molecule has 2 aromatic rings. The first-order valence-electron chi connectivity index (χ1n) is 9.17. The van der Waals surface area contributed by atoms with Crippen molar-refractivity contribution in [3.63, 3.8) is 0 Å². The topological polar surface area (TPSA) is 49.4 Å². The molecule has 4 rings (SSSR count). The quantitative estimate of drug-likeness (QED) is 0.724. The van der Waals surface area contributed by atoms with E-state index in [4.69, 9.17) is 0 Å². The Labute approximate surface area is 153 Å². The van der Waals surface area contributed by atoms with E-state index in [0.29, 0.717) is 28.8 Å². The second-order valence-corrected chi connectivity index (χ2v) is 6.80. The minimum Gasteiger partial charge on any atom is -0.379 e. The third kappa shape index (κ3) is 2.62. The monoisotopic (exact) mass is 346 g/mol. The predicted molar refractivity (Wildman–Crippen MR) is 104 cm³/mol. The molecule has 1 aliphatic heterocycles. The second-order valence-electron chi connectivity index (χ2n) is 6.80. The zero-order valence-corrected chi connectivity index (χ0v) is 14.8. The lowest BCUT2D eigenvalue weighted by molar-refractivity contribution is 0.0979. The van der Waals surface area contributed by atoms with Crippen molar-refractivity contribution in [1.82, 2.24) is 0 Å². The maximum Gasteiger partial charge on any atom is 0.196 e. The molecule has 0 spiro atoms. The van der Waals surface area contributed by atoms with Crippen LogP contribution in [0.3, 0.4) is 0 Å². The lowest BCUT2D eigenvalue weighted by atomic mass is 9.82. The number of carbonyl (C=O) groups is 2. The van der Waals surface area contributed by atoms with E-state index >= 15 is 0 Å². The van der Waals surface area contributed by atoms with Gasteiger partial charge in [-0.2, -0.15) is 0 Å². The molecule has 132 valence electrons. The number of anilines is 2. The van der Waals surface area contributed by atoms with Crippen LogP contribution in [0.5, 0.6) is 0 Å². The van der Waals surface area contributed by atoms with Crippen molar-refractivity contribution in [2.24, 2.45) is 0 Å². The molecule has 0 bridgehead atoms. The van der Waals surface area contributed by atoms with E-state index in [-0.39, 0.29) is 11.6 Å². The number of carbonyl (C=O) groups excluding carboxylic acids is 2. The Morgan fingerprint density at radius 2 is 1.62 bits per heavy atom. The molecule has 0 saturated carbocycles. The largest absolute Gasteiger partial charge is 0.379 e. The molecule has 0 radical (unpaired) electrons. The summed E-state index contributed by atoms with van der Waals surface area (Å²) < 4.78 is 0. The molecule has 1 heterocycles. The van der Waals surface area contributed by atoms with Crippen molar-refractivity contribution in [2.45, 2.75) is 19.3 Å². The Bertz CT molecular complexity index is 895. The van der Waals surface area contributed by atoms with Gasteiger partial charge in [-0.1, -0.05) is 30.3 Å². The number of rotatable bonds is 4. The van der Waals surface area contributed by atoms with E-state index in [1.807, 2.05) is 12.1 Å². The minimum absolute atomic E-state index is 0.0814. The summed E-state index contributed by atoms with van der Waals surface area (Å²) in [5, 5.41) is 3.34. The van der Waals surface area contributed by atoms with Crippen LogP contribution in [0.15, 0.2) is 49.1 Å². The molecule has 26 heavy (non-hydrogen) atoms. The van der Waals surface area contributed by atoms with Gasteiger partial charge in [0.2, 0.25) is 0 Å². The first-order valence-corrected chi connectivity index (χ1v) is 9.17. The van der Waals surface area contributed by atoms with Gasteiger partial charge in [-0.05, 0) is 31.4 Å². The van der Waals surface area contributed by atoms with Crippen molar-refractivity contribution in [1.29, 1.82) is 0 Å². The molecular weight excluding hydrogens is 324 g/mol. The summed E-state index contributed by atoms with van der Waals surface area (Å²) in [6.45, 7) is 6.26. The van der Waals surface area contributed by atoms with Gasteiger partial charge in [-0.25, -0.2) is 0 Å². The molecule has 1 fully saturated rings. The van der Waals surface area contributed by atoms with E-state index < -0.39 is 0 Å². The fourth-order valence-corrected chi connectivity index (χ4v) is 3.93. The summed E-state index contributed by atoms with van der Waals surface area (Å²) >= 11 is 0. The highest BCUT2D eigenvalue weighted by atomic mass is 16.1. The molecule has 1 N–H and O–H groups in total. The van der Waals surface area contributed by atoms with Gasteiger partial charge in [0.15, 0.2) is 11.6 Å². The van der Waals surface area contributed by atoms with Gasteiger partial charge < -0.3 is 10.2 Å². The maximum absolute atomic E-state index is 13.2. The average molecular weight is 346 g/mol. The first-order chi connectivity index (χ1) is 12.7. The van der Waals surface area contributed by atoms with Crippen LogP contribution in [0.25, 0.3) is 0 Å². The van der Waals surface area contributed by atoms with E-state index in [9.17, 15) is 9.59 Å². The number of hydrogen-bond donors (Lipinski definition) is 1. The Balaban J connectivity index is 1.89. The van der Waals surface area contributed by atoms with Crippen molar-refractivity contribution in [3.8, 4) is 0 Å². The van der Waals surface area contributed by atoms with Crippen molar-refractivity contribution in [2.75, 3.05) is 29.9 Å². The normalized spacial score (nSPS) is 16.1. The highest BCUT2D eigenvalue weighted by molar-refractivity contribution is 6.30. The van der Waals surface area contributed by atoms with Crippen LogP contribution in [0.2, 0.25) is 0 Å². The van der Waals surface area contributed by atoms with Gasteiger partial charge in [0, 0.05) is 36.3 Å². The van der Waals surface area contributed by atoms with Crippen LogP contribution < -0.4 is 10.2 Å². The lowest BCUT2D eigenvalue weighted by Gasteiger charge is -2.32. The summed E-state index contributed by atoms with van der Waals surface area (Å²) in [6, 6.07) is 10.9. The van der Waals surface area contributed by atoms with E-state index in [2.05, 4.69) is 16.8 Å². The van der Waals surface area contributed by atoms with E-state index in [1.165, 1.54) is 6.42 Å². The molecule has 0 amide bonds. The molecule has 0 atom stereocenters. The predicted octanol–water partition coefficient (Wildman–Crippen LogP) is 4.05. The van der Waals surface area contributed by atoms with Crippen molar-refractivity contribution < 1.29 is 9.59 Å². The molecule has 4 nitrogen and oxygen atoms in total. The molecule has 2 aromatic carbocycles. The smallest absolute Gasteiger partial charge is 0.196 e. The number of nitrogens with one attached hydrogen (secondary N) is 1. The van der Waals surface area contributed by atoms with Crippen molar-refractivity contribution in [3.05, 3.63) is 71.3 Å². The SMILES string of the molecule is C=CCNc1c(N2CCCCC2)ccc2c1C(=O)c1ccccc1C2=O. The van der Waals surface area contributed by atoms with Crippen LogP contribution in [0.4, 0.5) is 11.4 Å². The number of hydrogen-bond acceptors (Lipinski definition) is 4. The summed E-state index contributed by atoms with van der Waals surface area (Å²) in [5.74, 6) is -0.164. The number of benzene rings is 2. The van der Waals surface area contributed by atoms with Crippen LogP contribution in [0.1, 0.15) is 51.1 Å². The fourth-order valence-electron chi connectivity index (χ4n) is 3.93. The standard InChI is InChI=1S/C22H22N2O2/c1-2-12-23-20-18(24-13-6-3-7-14-24)11-10-17-19(20)22(26)16-9-5-4-8-15(16)21(17)25/h2,4-5,8-11,23H,1,3,6-7,12-14H2. The van der Waals surface area contributed by atoms with Crippen LogP contribution in [0, 0.1) is 0 Å². The number of piperidine rings is 1. The second kappa shape index (κ2) is 6.79. The number of fused-ring (bicyclic) bond motifs is 2.